The van der Waals surface area contributed by atoms with Crippen molar-refractivity contribution in [1.82, 2.24) is 5.32 Å². The number of anilines is 1. The lowest BCUT2D eigenvalue weighted by Crippen LogP contribution is -2.42. The van der Waals surface area contributed by atoms with Gasteiger partial charge in [-0.15, -0.1) is 12.4 Å². The second-order valence-electron chi connectivity index (χ2n) is 10.9. The molecule has 1 aliphatic heterocycles. The lowest BCUT2D eigenvalue weighted by atomic mass is 9.93. The Labute approximate surface area is 281 Å². The van der Waals surface area contributed by atoms with Gasteiger partial charge in [-0.25, -0.2) is 4.79 Å². The summed E-state index contributed by atoms with van der Waals surface area (Å²) in [6, 6.07) is 41.1. The fourth-order valence-electron chi connectivity index (χ4n) is 5.40. The SMILES string of the molecule is Cl.O=C(OCc1ccccc1)N(CC1NCCc2cc(OCc3ccccc3)c(OCc3ccccc3)cc21)c1ccc(Cl)cc1. The molecule has 0 aromatic heterocycles. The zero-order chi connectivity index (χ0) is 30.8. The molecule has 0 saturated heterocycles. The van der Waals surface area contributed by atoms with E-state index in [2.05, 4.69) is 17.4 Å². The summed E-state index contributed by atoms with van der Waals surface area (Å²) in [7, 11) is 0. The van der Waals surface area contributed by atoms with Crippen LogP contribution >= 0.6 is 24.0 Å². The third-order valence-corrected chi connectivity index (χ3v) is 8.02. The molecule has 236 valence electrons. The first-order chi connectivity index (χ1) is 22.1. The average molecular weight is 656 g/mol. The van der Waals surface area contributed by atoms with Crippen LogP contribution in [0.1, 0.15) is 33.9 Å². The maximum atomic E-state index is 13.6. The van der Waals surface area contributed by atoms with Crippen LogP contribution in [0, 0.1) is 0 Å². The number of carbonyl (C=O) groups excluding carboxylic acids is 1. The van der Waals surface area contributed by atoms with Gasteiger partial charge in [0.15, 0.2) is 11.5 Å². The van der Waals surface area contributed by atoms with Gasteiger partial charge in [0.2, 0.25) is 0 Å². The molecule has 5 aromatic carbocycles. The van der Waals surface area contributed by atoms with E-state index in [1.807, 2.05) is 103 Å². The van der Waals surface area contributed by atoms with Gasteiger partial charge in [0.1, 0.15) is 19.8 Å². The van der Waals surface area contributed by atoms with Crippen molar-refractivity contribution in [1.29, 1.82) is 0 Å². The van der Waals surface area contributed by atoms with Gasteiger partial charge < -0.3 is 19.5 Å². The number of benzene rings is 5. The van der Waals surface area contributed by atoms with Crippen molar-refractivity contribution in [2.45, 2.75) is 32.3 Å². The van der Waals surface area contributed by atoms with E-state index in [1.165, 1.54) is 0 Å². The van der Waals surface area contributed by atoms with Gasteiger partial charge in [-0.05, 0) is 77.2 Å². The Morgan fingerprint density at radius 1 is 0.717 bits per heavy atom. The summed E-state index contributed by atoms with van der Waals surface area (Å²) in [4.78, 5) is 15.2. The van der Waals surface area contributed by atoms with E-state index in [-0.39, 0.29) is 25.1 Å². The number of hydrogen-bond acceptors (Lipinski definition) is 5. The summed E-state index contributed by atoms with van der Waals surface area (Å²) in [5, 5.41) is 4.22. The molecule has 1 amide bonds. The van der Waals surface area contributed by atoms with E-state index in [0.29, 0.717) is 42.0 Å². The van der Waals surface area contributed by atoms with Gasteiger partial charge in [-0.1, -0.05) is 103 Å². The van der Waals surface area contributed by atoms with E-state index in [9.17, 15) is 4.79 Å². The highest BCUT2D eigenvalue weighted by atomic mass is 35.5. The second-order valence-corrected chi connectivity index (χ2v) is 11.4. The van der Waals surface area contributed by atoms with Crippen molar-refractivity contribution in [2.75, 3.05) is 18.0 Å². The summed E-state index contributed by atoms with van der Waals surface area (Å²) in [5.74, 6) is 1.36. The minimum absolute atomic E-state index is 0. The van der Waals surface area contributed by atoms with Crippen LogP contribution in [0.4, 0.5) is 10.5 Å². The van der Waals surface area contributed by atoms with E-state index in [4.69, 9.17) is 25.8 Å². The number of nitrogens with one attached hydrogen (secondary N) is 1. The Hall–Kier alpha value is -4.49. The number of amides is 1. The van der Waals surface area contributed by atoms with Crippen molar-refractivity contribution in [3.63, 3.8) is 0 Å². The third-order valence-electron chi connectivity index (χ3n) is 7.77. The molecular formula is C38H36Cl2N2O4. The maximum Gasteiger partial charge on any atom is 0.414 e. The summed E-state index contributed by atoms with van der Waals surface area (Å²) in [5.41, 5.74) is 5.99. The number of fused-ring (bicyclic) bond motifs is 1. The smallest absolute Gasteiger partial charge is 0.414 e. The topological polar surface area (TPSA) is 60.0 Å². The Bertz CT molecular complexity index is 1690. The predicted molar refractivity (Wildman–Crippen MR) is 185 cm³/mol. The van der Waals surface area contributed by atoms with Crippen LogP contribution in [0.15, 0.2) is 127 Å². The molecule has 6 rings (SSSR count). The molecule has 8 heteroatoms. The zero-order valence-corrected chi connectivity index (χ0v) is 26.9. The van der Waals surface area contributed by atoms with Gasteiger partial charge in [-0.3, -0.25) is 4.90 Å². The molecule has 46 heavy (non-hydrogen) atoms. The molecule has 0 radical (unpaired) electrons. The van der Waals surface area contributed by atoms with E-state index in [0.717, 1.165) is 40.8 Å². The molecular weight excluding hydrogens is 619 g/mol. The first kappa shape index (κ1) is 32.9. The molecule has 1 unspecified atom stereocenters. The average Bonchev–Trinajstić information content (AvgIpc) is 3.09. The molecule has 1 aliphatic rings. The van der Waals surface area contributed by atoms with Crippen molar-refractivity contribution in [3.05, 3.63) is 160 Å². The van der Waals surface area contributed by atoms with Crippen LogP contribution < -0.4 is 19.7 Å². The fourth-order valence-corrected chi connectivity index (χ4v) is 5.52. The van der Waals surface area contributed by atoms with Gasteiger partial charge in [0, 0.05) is 17.3 Å². The Kier molecular flexibility index (Phi) is 11.6. The summed E-state index contributed by atoms with van der Waals surface area (Å²) in [6.45, 7) is 2.12. The van der Waals surface area contributed by atoms with E-state index < -0.39 is 6.09 Å². The maximum absolute atomic E-state index is 13.6. The van der Waals surface area contributed by atoms with Crippen molar-refractivity contribution >= 4 is 35.8 Å². The number of carbonyl (C=O) groups is 1. The molecule has 1 N–H and O–H groups in total. The highest BCUT2D eigenvalue weighted by molar-refractivity contribution is 6.30. The highest BCUT2D eigenvalue weighted by Crippen LogP contribution is 2.37. The normalized spacial score (nSPS) is 13.5. The van der Waals surface area contributed by atoms with Gasteiger partial charge in [-0.2, -0.15) is 0 Å². The quantitative estimate of drug-likeness (QED) is 0.154. The molecule has 0 aliphatic carbocycles. The summed E-state index contributed by atoms with van der Waals surface area (Å²) in [6.07, 6.45) is 0.393. The van der Waals surface area contributed by atoms with Crippen LogP contribution in [0.5, 0.6) is 11.5 Å². The van der Waals surface area contributed by atoms with Gasteiger partial charge in [0.05, 0.1) is 6.04 Å². The van der Waals surface area contributed by atoms with E-state index in [1.54, 1.807) is 17.0 Å². The number of ether oxygens (including phenoxy) is 3. The molecule has 0 fully saturated rings. The molecule has 1 atom stereocenters. The summed E-state index contributed by atoms with van der Waals surface area (Å²) < 4.78 is 18.5. The van der Waals surface area contributed by atoms with Gasteiger partial charge in [0.25, 0.3) is 0 Å². The predicted octanol–water partition coefficient (Wildman–Crippen LogP) is 8.95. The lowest BCUT2D eigenvalue weighted by molar-refractivity contribution is 0.146. The molecule has 5 aromatic rings. The largest absolute Gasteiger partial charge is 0.485 e. The number of halogens is 2. The first-order valence-electron chi connectivity index (χ1n) is 15.1. The van der Waals surface area contributed by atoms with Gasteiger partial charge >= 0.3 is 6.09 Å². The monoisotopic (exact) mass is 654 g/mol. The molecule has 0 saturated carbocycles. The van der Waals surface area contributed by atoms with Crippen LogP contribution in [0.3, 0.4) is 0 Å². The minimum atomic E-state index is -0.432. The fraction of sp³-hybridized carbons (Fsp3) is 0.184. The Morgan fingerprint density at radius 3 is 1.80 bits per heavy atom. The van der Waals surface area contributed by atoms with Crippen molar-refractivity contribution < 1.29 is 19.0 Å². The van der Waals surface area contributed by atoms with Crippen LogP contribution in [0.25, 0.3) is 0 Å². The zero-order valence-electron chi connectivity index (χ0n) is 25.3. The summed E-state index contributed by atoms with van der Waals surface area (Å²) >= 11 is 6.19. The lowest BCUT2D eigenvalue weighted by Gasteiger charge is -2.32. The Balaban J connectivity index is 0.00000417. The Morgan fingerprint density at radius 2 is 1.24 bits per heavy atom. The van der Waals surface area contributed by atoms with Crippen LogP contribution in [0.2, 0.25) is 5.02 Å². The number of nitrogens with zero attached hydrogens (tertiary/aromatic N) is 1. The van der Waals surface area contributed by atoms with Crippen LogP contribution in [-0.2, 0) is 31.0 Å². The van der Waals surface area contributed by atoms with Crippen molar-refractivity contribution in [2.24, 2.45) is 0 Å². The third kappa shape index (κ3) is 8.61. The molecule has 0 bridgehead atoms. The second kappa shape index (κ2) is 16.2. The highest BCUT2D eigenvalue weighted by Gasteiger charge is 2.28. The standard InChI is InChI=1S/C38H35ClN2O4.ClH/c39-32-16-18-33(19-17-32)41(38(42)45-27-30-14-8-3-9-15-30)24-35-34-23-37(44-26-29-12-6-2-7-13-29)36(22-31(34)20-21-40-35)43-25-28-10-4-1-5-11-28;/h1-19,22-23,35,40H,20-21,24-27H2;1H. The van der Waals surface area contributed by atoms with Crippen LogP contribution in [-0.4, -0.2) is 19.2 Å². The number of hydrogen-bond donors (Lipinski definition) is 1. The molecule has 1 heterocycles. The number of rotatable bonds is 11. The minimum Gasteiger partial charge on any atom is -0.485 e. The molecule has 6 nitrogen and oxygen atoms in total. The molecule has 0 spiro atoms. The van der Waals surface area contributed by atoms with Crippen molar-refractivity contribution in [3.8, 4) is 11.5 Å². The van der Waals surface area contributed by atoms with E-state index >= 15 is 0 Å². The first-order valence-corrected chi connectivity index (χ1v) is 15.5.